The highest BCUT2D eigenvalue weighted by molar-refractivity contribution is 5.93. The van der Waals surface area contributed by atoms with Crippen LogP contribution in [-0.4, -0.2) is 12.5 Å². The highest BCUT2D eigenvalue weighted by Crippen LogP contribution is 2.11. The molecule has 2 aromatic rings. The van der Waals surface area contributed by atoms with E-state index < -0.39 is 0 Å². The van der Waals surface area contributed by atoms with Gasteiger partial charge in [0.15, 0.2) is 0 Å². The summed E-state index contributed by atoms with van der Waals surface area (Å²) >= 11 is 0. The van der Waals surface area contributed by atoms with Crippen molar-refractivity contribution in [3.8, 4) is 12.1 Å². The number of nitrogens with zero attached hydrogens (tertiary/aromatic N) is 2. The molecule has 0 aliphatic heterocycles. The van der Waals surface area contributed by atoms with Crippen LogP contribution in [0.25, 0.3) is 0 Å². The molecule has 0 saturated heterocycles. The highest BCUT2D eigenvalue weighted by atomic mass is 16.1. The van der Waals surface area contributed by atoms with Crippen LogP contribution in [0, 0.1) is 22.7 Å². The average Bonchev–Trinajstić information content (AvgIpc) is 2.53. The summed E-state index contributed by atoms with van der Waals surface area (Å²) in [5.41, 5.74) is 2.40. The predicted molar refractivity (Wildman–Crippen MR) is 79.4 cm³/mol. The molecule has 0 spiro atoms. The molecule has 0 heterocycles. The van der Waals surface area contributed by atoms with Crippen LogP contribution < -0.4 is 10.6 Å². The number of carbonyl (C=O) groups is 1. The normalized spacial score (nSPS) is 9.24. The Morgan fingerprint density at radius 3 is 2.33 bits per heavy atom. The van der Waals surface area contributed by atoms with Crippen LogP contribution >= 0.6 is 0 Å². The Bertz CT molecular complexity index is 723. The number of hydrogen-bond acceptors (Lipinski definition) is 4. The van der Waals surface area contributed by atoms with Gasteiger partial charge in [-0.15, -0.1) is 0 Å². The second-order valence-corrected chi connectivity index (χ2v) is 4.28. The molecule has 2 N–H and O–H groups in total. The van der Waals surface area contributed by atoms with E-state index in [1.54, 1.807) is 48.5 Å². The Hall–Kier alpha value is -3.31. The monoisotopic (exact) mass is 276 g/mol. The molecule has 21 heavy (non-hydrogen) atoms. The first-order chi connectivity index (χ1) is 10.2. The Morgan fingerprint density at radius 1 is 0.952 bits per heavy atom. The summed E-state index contributed by atoms with van der Waals surface area (Å²) in [6, 6.07) is 17.6. The fraction of sp³-hybridized carbons (Fsp3) is 0.0625. The number of benzene rings is 2. The van der Waals surface area contributed by atoms with Gasteiger partial charge in [-0.1, -0.05) is 6.07 Å². The van der Waals surface area contributed by atoms with Crippen molar-refractivity contribution in [1.29, 1.82) is 10.5 Å². The van der Waals surface area contributed by atoms with Crippen LogP contribution in [0.5, 0.6) is 0 Å². The van der Waals surface area contributed by atoms with Crippen LogP contribution in [0.3, 0.4) is 0 Å². The summed E-state index contributed by atoms with van der Waals surface area (Å²) in [7, 11) is 0. The van der Waals surface area contributed by atoms with Gasteiger partial charge in [0.1, 0.15) is 0 Å². The zero-order chi connectivity index (χ0) is 15.1. The van der Waals surface area contributed by atoms with Gasteiger partial charge >= 0.3 is 0 Å². The van der Waals surface area contributed by atoms with Gasteiger partial charge in [-0.3, -0.25) is 4.79 Å². The summed E-state index contributed by atoms with van der Waals surface area (Å²) in [4.78, 5) is 11.8. The average molecular weight is 276 g/mol. The lowest BCUT2D eigenvalue weighted by Gasteiger charge is -2.08. The molecule has 102 valence electrons. The molecule has 5 heteroatoms. The van der Waals surface area contributed by atoms with Gasteiger partial charge in [0.05, 0.1) is 29.8 Å². The molecule has 1 amide bonds. The van der Waals surface area contributed by atoms with Crippen molar-refractivity contribution >= 4 is 17.3 Å². The fourth-order valence-electron chi connectivity index (χ4n) is 1.72. The molecular formula is C16H12N4O. The van der Waals surface area contributed by atoms with Crippen LogP contribution in [0.15, 0.2) is 48.5 Å². The number of nitrogens with one attached hydrogen (secondary N) is 2. The number of carbonyl (C=O) groups excluding carboxylic acids is 1. The van der Waals surface area contributed by atoms with E-state index in [2.05, 4.69) is 10.6 Å². The number of amides is 1. The maximum atomic E-state index is 11.8. The standard InChI is InChI=1S/C16H12N4O/c17-9-12-4-6-14(7-5-12)19-11-16(21)20-15-3-1-2-13(8-15)10-18/h1-8,19H,11H2,(H,20,21). The molecule has 0 aromatic heterocycles. The smallest absolute Gasteiger partial charge is 0.243 e. The lowest BCUT2D eigenvalue weighted by atomic mass is 10.2. The summed E-state index contributed by atoms with van der Waals surface area (Å²) < 4.78 is 0. The van der Waals surface area contributed by atoms with Crippen molar-refractivity contribution in [2.75, 3.05) is 17.2 Å². The van der Waals surface area contributed by atoms with Gasteiger partial charge in [-0.25, -0.2) is 0 Å². The molecular weight excluding hydrogens is 264 g/mol. The van der Waals surface area contributed by atoms with E-state index in [0.717, 1.165) is 5.69 Å². The lowest BCUT2D eigenvalue weighted by Crippen LogP contribution is -2.21. The van der Waals surface area contributed by atoms with E-state index in [4.69, 9.17) is 10.5 Å². The number of anilines is 2. The van der Waals surface area contributed by atoms with E-state index in [1.165, 1.54) is 0 Å². The lowest BCUT2D eigenvalue weighted by molar-refractivity contribution is -0.114. The Labute approximate surface area is 122 Å². The van der Waals surface area contributed by atoms with Crippen molar-refractivity contribution in [3.05, 3.63) is 59.7 Å². The molecule has 0 radical (unpaired) electrons. The van der Waals surface area contributed by atoms with Crippen molar-refractivity contribution in [2.45, 2.75) is 0 Å². The molecule has 0 atom stereocenters. The number of rotatable bonds is 4. The molecule has 0 bridgehead atoms. The largest absolute Gasteiger partial charge is 0.376 e. The van der Waals surface area contributed by atoms with Gasteiger partial charge in [-0.05, 0) is 42.5 Å². The third-order valence-electron chi connectivity index (χ3n) is 2.74. The Morgan fingerprint density at radius 2 is 1.67 bits per heavy atom. The molecule has 0 saturated carbocycles. The summed E-state index contributed by atoms with van der Waals surface area (Å²) in [5, 5.41) is 23.2. The zero-order valence-electron chi connectivity index (χ0n) is 11.1. The number of nitriles is 2. The third kappa shape index (κ3) is 4.09. The van der Waals surface area contributed by atoms with E-state index in [-0.39, 0.29) is 12.5 Å². The van der Waals surface area contributed by atoms with E-state index in [9.17, 15) is 4.79 Å². The van der Waals surface area contributed by atoms with Crippen molar-refractivity contribution in [2.24, 2.45) is 0 Å². The molecule has 2 rings (SSSR count). The van der Waals surface area contributed by atoms with Crippen LogP contribution in [0.4, 0.5) is 11.4 Å². The van der Waals surface area contributed by atoms with E-state index in [1.807, 2.05) is 12.1 Å². The summed E-state index contributed by atoms with van der Waals surface area (Å²) in [6.07, 6.45) is 0. The molecule has 0 unspecified atom stereocenters. The van der Waals surface area contributed by atoms with E-state index in [0.29, 0.717) is 16.8 Å². The van der Waals surface area contributed by atoms with Crippen molar-refractivity contribution in [3.63, 3.8) is 0 Å². The molecule has 0 aliphatic carbocycles. The minimum absolute atomic E-state index is 0.0999. The predicted octanol–water partition coefficient (Wildman–Crippen LogP) is 2.48. The van der Waals surface area contributed by atoms with Crippen LogP contribution in [0.2, 0.25) is 0 Å². The Kier molecular flexibility index (Phi) is 4.53. The van der Waals surface area contributed by atoms with Gasteiger partial charge in [-0.2, -0.15) is 10.5 Å². The van der Waals surface area contributed by atoms with Crippen LogP contribution in [-0.2, 0) is 4.79 Å². The third-order valence-corrected chi connectivity index (χ3v) is 2.74. The van der Waals surface area contributed by atoms with Gasteiger partial charge in [0, 0.05) is 11.4 Å². The summed E-state index contributed by atoms with van der Waals surface area (Å²) in [5.74, 6) is -0.213. The maximum Gasteiger partial charge on any atom is 0.243 e. The molecule has 0 aliphatic rings. The first-order valence-electron chi connectivity index (χ1n) is 6.25. The van der Waals surface area contributed by atoms with Crippen molar-refractivity contribution < 1.29 is 4.79 Å². The minimum Gasteiger partial charge on any atom is -0.376 e. The minimum atomic E-state index is -0.213. The van der Waals surface area contributed by atoms with Gasteiger partial charge in [0.2, 0.25) is 5.91 Å². The quantitative estimate of drug-likeness (QED) is 0.897. The topological polar surface area (TPSA) is 88.7 Å². The highest BCUT2D eigenvalue weighted by Gasteiger charge is 2.03. The zero-order valence-corrected chi connectivity index (χ0v) is 11.1. The summed E-state index contributed by atoms with van der Waals surface area (Å²) in [6.45, 7) is 0.0999. The van der Waals surface area contributed by atoms with Crippen molar-refractivity contribution in [1.82, 2.24) is 0 Å². The van der Waals surface area contributed by atoms with Gasteiger partial charge in [0.25, 0.3) is 0 Å². The first-order valence-corrected chi connectivity index (χ1v) is 6.25. The molecule has 2 aromatic carbocycles. The van der Waals surface area contributed by atoms with Crippen LogP contribution in [0.1, 0.15) is 11.1 Å². The maximum absolute atomic E-state index is 11.8. The Balaban J connectivity index is 1.89. The number of hydrogen-bond donors (Lipinski definition) is 2. The second-order valence-electron chi connectivity index (χ2n) is 4.28. The fourth-order valence-corrected chi connectivity index (χ4v) is 1.72. The molecule has 5 nitrogen and oxygen atoms in total. The second kappa shape index (κ2) is 6.74. The SMILES string of the molecule is N#Cc1ccc(NCC(=O)Nc2cccc(C#N)c2)cc1. The van der Waals surface area contributed by atoms with Gasteiger partial charge < -0.3 is 10.6 Å². The van der Waals surface area contributed by atoms with E-state index >= 15 is 0 Å². The molecule has 0 fully saturated rings. The first kappa shape index (κ1) is 14.1.